The van der Waals surface area contributed by atoms with Crippen LogP contribution in [0.15, 0.2) is 17.3 Å². The van der Waals surface area contributed by atoms with E-state index >= 15 is 0 Å². The van der Waals surface area contributed by atoms with Crippen LogP contribution in [0.1, 0.15) is 6.92 Å². The summed E-state index contributed by atoms with van der Waals surface area (Å²) in [5, 5.41) is 3.79. The van der Waals surface area contributed by atoms with Crippen LogP contribution in [0.2, 0.25) is 0 Å². The van der Waals surface area contributed by atoms with Crippen LogP contribution < -0.4 is 11.2 Å². The second kappa shape index (κ2) is 4.03. The first-order valence-corrected chi connectivity index (χ1v) is 2.78. The molecule has 4 heteroatoms. The van der Waals surface area contributed by atoms with E-state index in [9.17, 15) is 0 Å². The predicted octanol–water partition coefficient (Wildman–Crippen LogP) is 0.382. The van der Waals surface area contributed by atoms with E-state index in [2.05, 4.69) is 29.3 Å². The van der Waals surface area contributed by atoms with E-state index in [1.165, 1.54) is 0 Å². The first kappa shape index (κ1) is 8.10. The zero-order valence-corrected chi connectivity index (χ0v) is 6.03. The third-order valence-electron chi connectivity index (χ3n) is 0.460. The number of allylic oxidation sites excluding steroid dienone is 1. The largest absolute Gasteiger partial charge is 0.375 e. The van der Waals surface area contributed by atoms with Crippen molar-refractivity contribution in [1.82, 2.24) is 5.43 Å². The monoisotopic (exact) mass is 143 g/mol. The Hall–Kier alpha value is -0.900. The lowest BCUT2D eigenvalue weighted by molar-refractivity contribution is 1.04. The van der Waals surface area contributed by atoms with Crippen LogP contribution in [0, 0.1) is 0 Å². The van der Waals surface area contributed by atoms with Crippen molar-refractivity contribution < 1.29 is 0 Å². The van der Waals surface area contributed by atoms with Gasteiger partial charge in [0.2, 0.25) is 0 Å². The van der Waals surface area contributed by atoms with Gasteiger partial charge >= 0.3 is 0 Å². The Morgan fingerprint density at radius 2 is 2.44 bits per heavy atom. The van der Waals surface area contributed by atoms with Gasteiger partial charge in [0, 0.05) is 6.21 Å². The van der Waals surface area contributed by atoms with E-state index in [1.807, 2.05) is 6.92 Å². The first-order valence-electron chi connectivity index (χ1n) is 2.37. The Labute approximate surface area is 59.6 Å². The highest BCUT2D eigenvalue weighted by Gasteiger charge is 1.77. The maximum absolute atomic E-state index is 5.06. The van der Waals surface area contributed by atoms with E-state index in [4.69, 9.17) is 5.73 Å². The predicted molar refractivity (Wildman–Crippen MR) is 43.2 cm³/mol. The molecule has 0 heterocycles. The molecule has 0 radical (unpaired) electrons. The first-order chi connectivity index (χ1) is 4.13. The molecular weight excluding hydrogens is 134 g/mol. The normalized spacial score (nSPS) is 9.44. The lowest BCUT2D eigenvalue weighted by Gasteiger charge is -1.91. The van der Waals surface area contributed by atoms with Gasteiger partial charge in [0.1, 0.15) is 0 Å². The van der Waals surface area contributed by atoms with Gasteiger partial charge < -0.3 is 5.73 Å². The lowest BCUT2D eigenvalue weighted by Crippen LogP contribution is -2.23. The summed E-state index contributed by atoms with van der Waals surface area (Å²) in [6.07, 6.45) is 1.54. The minimum absolute atomic E-state index is 0.160. The summed E-state index contributed by atoms with van der Waals surface area (Å²) < 4.78 is 0. The molecule has 0 atom stereocenters. The van der Waals surface area contributed by atoms with E-state index < -0.39 is 0 Å². The second-order valence-corrected chi connectivity index (χ2v) is 2.02. The SMILES string of the molecule is C=C(C)C=NNC(N)=S. The van der Waals surface area contributed by atoms with Crippen LogP contribution in [0.5, 0.6) is 0 Å². The number of nitrogens with zero attached hydrogens (tertiary/aromatic N) is 1. The van der Waals surface area contributed by atoms with Crippen molar-refractivity contribution in [3.63, 3.8) is 0 Å². The van der Waals surface area contributed by atoms with E-state index in [-0.39, 0.29) is 5.11 Å². The van der Waals surface area contributed by atoms with Crippen LogP contribution in [0.25, 0.3) is 0 Å². The summed E-state index contributed by atoms with van der Waals surface area (Å²) in [6.45, 7) is 5.40. The van der Waals surface area contributed by atoms with Crippen LogP contribution in [-0.4, -0.2) is 11.3 Å². The Balaban J connectivity index is 3.48. The second-order valence-electron chi connectivity index (χ2n) is 1.58. The quantitative estimate of drug-likeness (QED) is 0.334. The average Bonchev–Trinajstić information content (AvgIpc) is 1.63. The van der Waals surface area contributed by atoms with Gasteiger partial charge in [-0.3, -0.25) is 5.43 Å². The molecule has 0 saturated heterocycles. The fraction of sp³-hybridized carbons (Fsp3) is 0.200. The Morgan fingerprint density at radius 3 is 2.78 bits per heavy atom. The van der Waals surface area contributed by atoms with Crippen molar-refractivity contribution in [1.29, 1.82) is 0 Å². The maximum atomic E-state index is 5.06. The third kappa shape index (κ3) is 7.10. The van der Waals surface area contributed by atoms with Gasteiger partial charge in [-0.05, 0) is 24.7 Å². The molecule has 0 fully saturated rings. The summed E-state index contributed by atoms with van der Waals surface area (Å²) in [6, 6.07) is 0. The molecule has 0 aromatic rings. The topological polar surface area (TPSA) is 50.4 Å². The number of nitrogens with one attached hydrogen (secondary N) is 1. The van der Waals surface area contributed by atoms with Crippen LogP contribution in [0.4, 0.5) is 0 Å². The molecule has 0 aliphatic carbocycles. The van der Waals surface area contributed by atoms with Gasteiger partial charge in [0.15, 0.2) is 5.11 Å². The van der Waals surface area contributed by atoms with E-state index in [0.717, 1.165) is 5.57 Å². The molecule has 0 unspecified atom stereocenters. The molecule has 0 aliphatic heterocycles. The molecule has 0 aliphatic rings. The van der Waals surface area contributed by atoms with E-state index in [1.54, 1.807) is 6.21 Å². The molecule has 0 aromatic heterocycles. The van der Waals surface area contributed by atoms with Gasteiger partial charge in [-0.1, -0.05) is 6.58 Å². The smallest absolute Gasteiger partial charge is 0.184 e. The van der Waals surface area contributed by atoms with Crippen molar-refractivity contribution in [2.45, 2.75) is 6.92 Å². The van der Waals surface area contributed by atoms with Crippen molar-refractivity contribution in [2.24, 2.45) is 10.8 Å². The van der Waals surface area contributed by atoms with Crippen molar-refractivity contribution in [3.8, 4) is 0 Å². The van der Waals surface area contributed by atoms with Gasteiger partial charge in [0.25, 0.3) is 0 Å². The summed E-state index contributed by atoms with van der Waals surface area (Å²) in [5.74, 6) is 0. The molecule has 0 aromatic carbocycles. The zero-order valence-electron chi connectivity index (χ0n) is 5.22. The van der Waals surface area contributed by atoms with Crippen LogP contribution in [-0.2, 0) is 0 Å². The number of thiocarbonyl (C=S) groups is 1. The number of hydrogen-bond donors (Lipinski definition) is 2. The number of hydrazone groups is 1. The van der Waals surface area contributed by atoms with E-state index in [0.29, 0.717) is 0 Å². The standard InChI is InChI=1S/C5H9N3S/c1-4(2)3-7-8-5(6)9/h3H,1H2,2H3,(H3,6,8,9). The molecule has 9 heavy (non-hydrogen) atoms. The van der Waals surface area contributed by atoms with Gasteiger partial charge in [-0.2, -0.15) is 5.10 Å². The minimum atomic E-state index is 0.160. The Morgan fingerprint density at radius 1 is 1.89 bits per heavy atom. The lowest BCUT2D eigenvalue weighted by atomic mass is 10.4. The zero-order chi connectivity index (χ0) is 7.28. The van der Waals surface area contributed by atoms with Gasteiger partial charge in [-0.25, -0.2) is 0 Å². The number of hydrogen-bond acceptors (Lipinski definition) is 2. The number of nitrogens with two attached hydrogens (primary N) is 1. The van der Waals surface area contributed by atoms with Gasteiger partial charge in [0.05, 0.1) is 0 Å². The van der Waals surface area contributed by atoms with Crippen molar-refractivity contribution in [2.75, 3.05) is 0 Å². The summed E-state index contributed by atoms with van der Waals surface area (Å²) in [7, 11) is 0. The van der Waals surface area contributed by atoms with Gasteiger partial charge in [-0.15, -0.1) is 0 Å². The summed E-state index contributed by atoms with van der Waals surface area (Å²) >= 11 is 4.47. The maximum Gasteiger partial charge on any atom is 0.184 e. The molecule has 0 amide bonds. The summed E-state index contributed by atoms with van der Waals surface area (Å²) in [4.78, 5) is 0. The van der Waals surface area contributed by atoms with Crippen molar-refractivity contribution in [3.05, 3.63) is 12.2 Å². The molecule has 0 saturated carbocycles. The molecule has 0 rings (SSSR count). The molecule has 0 spiro atoms. The average molecular weight is 143 g/mol. The van der Waals surface area contributed by atoms with Crippen molar-refractivity contribution >= 4 is 23.5 Å². The Bertz CT molecular complexity index is 150. The Kier molecular flexibility index (Phi) is 3.62. The molecule has 3 N–H and O–H groups in total. The summed E-state index contributed by atoms with van der Waals surface area (Å²) in [5.41, 5.74) is 8.30. The highest BCUT2D eigenvalue weighted by atomic mass is 32.1. The highest BCUT2D eigenvalue weighted by molar-refractivity contribution is 7.80. The molecular formula is C5H9N3S. The highest BCUT2D eigenvalue weighted by Crippen LogP contribution is 1.76. The molecule has 0 bridgehead atoms. The fourth-order valence-corrected chi connectivity index (χ4v) is 0.259. The van der Waals surface area contributed by atoms with Crippen LogP contribution in [0.3, 0.4) is 0 Å². The minimum Gasteiger partial charge on any atom is -0.375 e. The molecule has 3 nitrogen and oxygen atoms in total. The van der Waals surface area contributed by atoms with Crippen LogP contribution >= 0.6 is 12.2 Å². The third-order valence-corrected chi connectivity index (χ3v) is 0.551. The number of rotatable bonds is 2. The fourth-order valence-electron chi connectivity index (χ4n) is 0.206. The molecule has 50 valence electrons.